The number of nitrogens with zero attached hydrogens (tertiary/aromatic N) is 1. The fourth-order valence-electron chi connectivity index (χ4n) is 1.56. The Labute approximate surface area is 127 Å². The Morgan fingerprint density at radius 3 is 1.90 bits per heavy atom. The van der Waals surface area contributed by atoms with Gasteiger partial charge < -0.3 is 29.9 Å². The van der Waals surface area contributed by atoms with Crippen LogP contribution in [0.25, 0.3) is 0 Å². The van der Waals surface area contributed by atoms with E-state index in [9.17, 15) is 0 Å². The number of ether oxygens (including phenoxy) is 4. The first-order valence-corrected chi connectivity index (χ1v) is 7.24. The molecule has 0 heterocycles. The highest BCUT2D eigenvalue weighted by Crippen LogP contribution is 2.22. The maximum atomic E-state index is 8.66. The summed E-state index contributed by atoms with van der Waals surface area (Å²) in [5.74, 6) is 0.249. The third-order valence-electron chi connectivity index (χ3n) is 3.07. The van der Waals surface area contributed by atoms with Crippen LogP contribution in [0.5, 0.6) is 0 Å². The maximum Gasteiger partial charge on any atom is 0.144 e. The van der Waals surface area contributed by atoms with Crippen molar-refractivity contribution in [3.8, 4) is 0 Å². The van der Waals surface area contributed by atoms with Crippen molar-refractivity contribution in [3.63, 3.8) is 0 Å². The molecule has 0 radical (unpaired) electrons. The second kappa shape index (κ2) is 12.8. The van der Waals surface area contributed by atoms with Gasteiger partial charge in [0.25, 0.3) is 0 Å². The smallest absolute Gasteiger partial charge is 0.144 e. The SMILES string of the molecule is COCCOCCOCCOCCCC(C)(C)C(N)=NO. The third kappa shape index (κ3) is 11.4. The molecule has 7 nitrogen and oxygen atoms in total. The molecule has 126 valence electrons. The van der Waals surface area contributed by atoms with Crippen molar-refractivity contribution in [1.29, 1.82) is 0 Å². The lowest BCUT2D eigenvalue weighted by Crippen LogP contribution is -2.32. The van der Waals surface area contributed by atoms with Crippen LogP contribution in [0.1, 0.15) is 26.7 Å². The third-order valence-corrected chi connectivity index (χ3v) is 3.07. The van der Waals surface area contributed by atoms with E-state index in [-0.39, 0.29) is 11.3 Å². The topological polar surface area (TPSA) is 95.5 Å². The van der Waals surface area contributed by atoms with Crippen molar-refractivity contribution >= 4 is 5.84 Å². The molecule has 21 heavy (non-hydrogen) atoms. The van der Waals surface area contributed by atoms with Crippen LogP contribution in [0.4, 0.5) is 0 Å². The molecule has 0 saturated carbocycles. The summed E-state index contributed by atoms with van der Waals surface area (Å²) < 4.78 is 20.9. The average molecular weight is 306 g/mol. The number of hydrogen-bond donors (Lipinski definition) is 2. The summed E-state index contributed by atoms with van der Waals surface area (Å²) in [5.41, 5.74) is 5.30. The molecule has 0 aromatic heterocycles. The van der Waals surface area contributed by atoms with Gasteiger partial charge in [0, 0.05) is 19.1 Å². The van der Waals surface area contributed by atoms with E-state index in [2.05, 4.69) is 5.16 Å². The van der Waals surface area contributed by atoms with Gasteiger partial charge in [0.05, 0.1) is 39.6 Å². The zero-order chi connectivity index (χ0) is 16.0. The number of amidine groups is 1. The van der Waals surface area contributed by atoms with Gasteiger partial charge in [-0.1, -0.05) is 19.0 Å². The lowest BCUT2D eigenvalue weighted by molar-refractivity contribution is 0.00285. The average Bonchev–Trinajstić information content (AvgIpc) is 2.47. The van der Waals surface area contributed by atoms with Crippen molar-refractivity contribution in [2.75, 3.05) is 53.4 Å². The maximum absolute atomic E-state index is 8.66. The molecule has 0 rings (SSSR count). The van der Waals surface area contributed by atoms with E-state index in [0.29, 0.717) is 46.2 Å². The molecule has 3 N–H and O–H groups in total. The van der Waals surface area contributed by atoms with Crippen LogP contribution < -0.4 is 5.73 Å². The minimum Gasteiger partial charge on any atom is -0.409 e. The minimum absolute atomic E-state index is 0.249. The van der Waals surface area contributed by atoms with Gasteiger partial charge in [0.1, 0.15) is 5.84 Å². The van der Waals surface area contributed by atoms with Gasteiger partial charge in [-0.15, -0.1) is 0 Å². The summed E-state index contributed by atoms with van der Waals surface area (Å²) in [6.45, 7) is 7.94. The highest BCUT2D eigenvalue weighted by molar-refractivity contribution is 5.85. The lowest BCUT2D eigenvalue weighted by Gasteiger charge is -2.22. The van der Waals surface area contributed by atoms with E-state index in [0.717, 1.165) is 12.8 Å². The highest BCUT2D eigenvalue weighted by atomic mass is 16.6. The Kier molecular flexibility index (Phi) is 12.3. The Bertz CT molecular complexity index is 272. The summed E-state index contributed by atoms with van der Waals surface area (Å²) in [4.78, 5) is 0. The fourth-order valence-corrected chi connectivity index (χ4v) is 1.56. The van der Waals surface area contributed by atoms with Crippen molar-refractivity contribution < 1.29 is 24.2 Å². The lowest BCUT2D eigenvalue weighted by atomic mass is 9.87. The van der Waals surface area contributed by atoms with E-state index in [1.165, 1.54) is 0 Å². The predicted octanol–water partition coefficient (Wildman–Crippen LogP) is 1.24. The molecular weight excluding hydrogens is 276 g/mol. The molecule has 0 aromatic carbocycles. The molecule has 0 unspecified atom stereocenters. The van der Waals surface area contributed by atoms with Crippen molar-refractivity contribution in [2.24, 2.45) is 16.3 Å². The van der Waals surface area contributed by atoms with Gasteiger partial charge in [-0.3, -0.25) is 0 Å². The molecule has 0 atom stereocenters. The molecule has 0 aromatic rings. The van der Waals surface area contributed by atoms with Gasteiger partial charge in [-0.05, 0) is 12.8 Å². The van der Waals surface area contributed by atoms with Crippen LogP contribution in [0.3, 0.4) is 0 Å². The van der Waals surface area contributed by atoms with Crippen LogP contribution in [-0.4, -0.2) is 64.4 Å². The van der Waals surface area contributed by atoms with Gasteiger partial charge >= 0.3 is 0 Å². The van der Waals surface area contributed by atoms with Gasteiger partial charge in [0.2, 0.25) is 0 Å². The Balaban J connectivity index is 3.30. The summed E-state index contributed by atoms with van der Waals surface area (Å²) in [6.07, 6.45) is 1.65. The minimum atomic E-state index is -0.311. The van der Waals surface area contributed by atoms with E-state index in [4.69, 9.17) is 29.9 Å². The fraction of sp³-hybridized carbons (Fsp3) is 0.929. The summed E-state index contributed by atoms with van der Waals surface area (Å²) >= 11 is 0. The molecule has 0 saturated heterocycles. The first-order valence-electron chi connectivity index (χ1n) is 7.24. The number of nitrogens with two attached hydrogens (primary N) is 1. The van der Waals surface area contributed by atoms with Crippen molar-refractivity contribution in [1.82, 2.24) is 0 Å². The molecule has 0 spiro atoms. The number of hydrogen-bond acceptors (Lipinski definition) is 6. The highest BCUT2D eigenvalue weighted by Gasteiger charge is 2.22. The number of rotatable bonds is 14. The summed E-state index contributed by atoms with van der Waals surface area (Å²) in [6, 6.07) is 0. The molecule has 0 aliphatic rings. The van der Waals surface area contributed by atoms with E-state index >= 15 is 0 Å². The van der Waals surface area contributed by atoms with Crippen LogP contribution in [0, 0.1) is 5.41 Å². The van der Waals surface area contributed by atoms with Crippen molar-refractivity contribution in [3.05, 3.63) is 0 Å². The standard InChI is InChI=1S/C14H30N2O5/c1-14(2,13(15)16-17)5-4-6-19-9-10-21-12-11-20-8-7-18-3/h17H,4-12H2,1-3H3,(H2,15,16). The Hall–Kier alpha value is -0.890. The summed E-state index contributed by atoms with van der Waals surface area (Å²) in [5, 5.41) is 11.7. The number of methoxy groups -OCH3 is 1. The van der Waals surface area contributed by atoms with Gasteiger partial charge in [-0.25, -0.2) is 0 Å². The Morgan fingerprint density at radius 2 is 1.43 bits per heavy atom. The first-order chi connectivity index (χ1) is 10.0. The first kappa shape index (κ1) is 20.1. The normalized spacial score (nSPS) is 12.8. The van der Waals surface area contributed by atoms with Gasteiger partial charge in [-0.2, -0.15) is 0 Å². The second-order valence-corrected chi connectivity index (χ2v) is 5.30. The quantitative estimate of drug-likeness (QED) is 0.165. The number of oxime groups is 1. The van der Waals surface area contributed by atoms with Crippen LogP contribution >= 0.6 is 0 Å². The largest absolute Gasteiger partial charge is 0.409 e. The molecule has 0 aliphatic heterocycles. The second-order valence-electron chi connectivity index (χ2n) is 5.30. The van der Waals surface area contributed by atoms with Crippen LogP contribution in [-0.2, 0) is 18.9 Å². The van der Waals surface area contributed by atoms with Crippen LogP contribution in [0.2, 0.25) is 0 Å². The zero-order valence-electron chi connectivity index (χ0n) is 13.5. The predicted molar refractivity (Wildman–Crippen MR) is 80.8 cm³/mol. The van der Waals surface area contributed by atoms with E-state index in [1.54, 1.807) is 7.11 Å². The molecule has 0 bridgehead atoms. The summed E-state index contributed by atoms with van der Waals surface area (Å²) in [7, 11) is 1.64. The molecule has 0 amide bonds. The molecule has 0 aliphatic carbocycles. The monoisotopic (exact) mass is 306 g/mol. The van der Waals surface area contributed by atoms with E-state index in [1.807, 2.05) is 13.8 Å². The molecule has 0 fully saturated rings. The van der Waals surface area contributed by atoms with Gasteiger partial charge in [0.15, 0.2) is 0 Å². The van der Waals surface area contributed by atoms with E-state index < -0.39 is 0 Å². The molecular formula is C14H30N2O5. The Morgan fingerprint density at radius 1 is 0.952 bits per heavy atom. The van der Waals surface area contributed by atoms with Crippen molar-refractivity contribution in [2.45, 2.75) is 26.7 Å². The molecule has 7 heteroatoms. The van der Waals surface area contributed by atoms with Crippen LogP contribution in [0.15, 0.2) is 5.16 Å². The zero-order valence-corrected chi connectivity index (χ0v) is 13.5.